The number of benzene rings is 1. The molecule has 4 rings (SSSR count). The minimum Gasteiger partial charge on any atom is -0.349 e. The molecular formula is C18H19N5O3. The Balaban J connectivity index is 1.26. The van der Waals surface area contributed by atoms with Crippen LogP contribution in [0.1, 0.15) is 43.3 Å². The van der Waals surface area contributed by atoms with Crippen LogP contribution in [-0.2, 0) is 17.9 Å². The number of hydrogen-bond donors (Lipinski definition) is 1. The molecule has 3 aromatic rings. The highest BCUT2D eigenvalue weighted by molar-refractivity contribution is 5.77. The molecule has 0 spiro atoms. The first kappa shape index (κ1) is 16.4. The van der Waals surface area contributed by atoms with Crippen LogP contribution in [0.25, 0.3) is 10.9 Å². The second-order valence-electron chi connectivity index (χ2n) is 6.46. The van der Waals surface area contributed by atoms with Gasteiger partial charge in [-0.05, 0) is 31.4 Å². The molecule has 1 aromatic carbocycles. The Morgan fingerprint density at radius 1 is 1.31 bits per heavy atom. The van der Waals surface area contributed by atoms with Gasteiger partial charge in [0.15, 0.2) is 5.82 Å². The Hall–Kier alpha value is -3.03. The highest BCUT2D eigenvalue weighted by Crippen LogP contribution is 2.38. The zero-order valence-corrected chi connectivity index (χ0v) is 14.2. The van der Waals surface area contributed by atoms with Gasteiger partial charge in [0.25, 0.3) is 5.56 Å². The standard InChI is InChI=1S/C18H19N5O3/c24-16(19-10-15-21-17(26-22-15)12-7-8-12)6-3-9-23-11-20-14-5-2-1-4-13(14)18(23)25/h1-2,4-5,11-12H,3,6-10H2,(H,19,24). The monoisotopic (exact) mass is 353 g/mol. The third-order valence-electron chi connectivity index (χ3n) is 4.39. The number of aromatic nitrogens is 4. The third kappa shape index (κ3) is 3.63. The Morgan fingerprint density at radius 3 is 3.00 bits per heavy atom. The molecule has 26 heavy (non-hydrogen) atoms. The van der Waals surface area contributed by atoms with E-state index in [2.05, 4.69) is 20.4 Å². The smallest absolute Gasteiger partial charge is 0.261 e. The second-order valence-corrected chi connectivity index (χ2v) is 6.46. The van der Waals surface area contributed by atoms with E-state index < -0.39 is 0 Å². The van der Waals surface area contributed by atoms with Crippen molar-refractivity contribution in [3.8, 4) is 0 Å². The maximum atomic E-state index is 12.4. The van der Waals surface area contributed by atoms with Crippen molar-refractivity contribution < 1.29 is 9.32 Å². The molecule has 0 radical (unpaired) electrons. The van der Waals surface area contributed by atoms with Crippen LogP contribution in [0.15, 0.2) is 39.9 Å². The molecule has 1 saturated carbocycles. The fourth-order valence-electron chi connectivity index (χ4n) is 2.78. The van der Waals surface area contributed by atoms with Gasteiger partial charge in [0, 0.05) is 18.9 Å². The summed E-state index contributed by atoms with van der Waals surface area (Å²) in [5.74, 6) is 1.46. The summed E-state index contributed by atoms with van der Waals surface area (Å²) in [6.07, 6.45) is 4.58. The lowest BCUT2D eigenvalue weighted by Gasteiger charge is -2.06. The van der Waals surface area contributed by atoms with Gasteiger partial charge in [-0.15, -0.1) is 0 Å². The molecule has 1 N–H and O–H groups in total. The fraction of sp³-hybridized carbons (Fsp3) is 0.389. The van der Waals surface area contributed by atoms with E-state index in [1.54, 1.807) is 12.1 Å². The lowest BCUT2D eigenvalue weighted by Crippen LogP contribution is -2.25. The van der Waals surface area contributed by atoms with Gasteiger partial charge in [-0.1, -0.05) is 17.3 Å². The molecule has 8 heteroatoms. The van der Waals surface area contributed by atoms with Crippen molar-refractivity contribution in [1.82, 2.24) is 25.0 Å². The SMILES string of the molecule is O=C(CCCn1cnc2ccccc2c1=O)NCc1noc(C2CC2)n1. The number of nitrogens with zero attached hydrogens (tertiary/aromatic N) is 4. The van der Waals surface area contributed by atoms with E-state index in [4.69, 9.17) is 4.52 Å². The van der Waals surface area contributed by atoms with Crippen LogP contribution in [0.4, 0.5) is 0 Å². The number of nitrogens with one attached hydrogen (secondary N) is 1. The van der Waals surface area contributed by atoms with Gasteiger partial charge in [0.05, 0.1) is 23.8 Å². The first-order valence-electron chi connectivity index (χ1n) is 8.74. The molecule has 1 fully saturated rings. The summed E-state index contributed by atoms with van der Waals surface area (Å²) in [5, 5.41) is 7.22. The average Bonchev–Trinajstić information content (AvgIpc) is 3.40. The maximum Gasteiger partial charge on any atom is 0.261 e. The molecule has 0 atom stereocenters. The molecule has 2 aromatic heterocycles. The Kier molecular flexibility index (Phi) is 4.47. The quantitative estimate of drug-likeness (QED) is 0.694. The van der Waals surface area contributed by atoms with E-state index in [9.17, 15) is 9.59 Å². The normalized spacial score (nSPS) is 13.8. The molecule has 0 aliphatic heterocycles. The largest absolute Gasteiger partial charge is 0.349 e. The molecule has 2 heterocycles. The molecule has 0 bridgehead atoms. The molecule has 134 valence electrons. The second kappa shape index (κ2) is 7.07. The molecular weight excluding hydrogens is 334 g/mol. The highest BCUT2D eigenvalue weighted by atomic mass is 16.5. The zero-order valence-electron chi connectivity index (χ0n) is 14.2. The van der Waals surface area contributed by atoms with Crippen molar-refractivity contribution in [2.24, 2.45) is 0 Å². The van der Waals surface area contributed by atoms with Crippen molar-refractivity contribution >= 4 is 16.8 Å². The Labute approximate surface area is 149 Å². The minimum atomic E-state index is -0.107. The number of aryl methyl sites for hydroxylation is 1. The van der Waals surface area contributed by atoms with Crippen molar-refractivity contribution in [1.29, 1.82) is 0 Å². The van der Waals surface area contributed by atoms with Gasteiger partial charge in [-0.25, -0.2) is 4.98 Å². The first-order valence-corrected chi connectivity index (χ1v) is 8.74. The van der Waals surface area contributed by atoms with Crippen molar-refractivity contribution in [3.63, 3.8) is 0 Å². The lowest BCUT2D eigenvalue weighted by atomic mass is 10.2. The summed E-state index contributed by atoms with van der Waals surface area (Å²) < 4.78 is 6.69. The molecule has 8 nitrogen and oxygen atoms in total. The Morgan fingerprint density at radius 2 is 2.15 bits per heavy atom. The van der Waals surface area contributed by atoms with Crippen LogP contribution >= 0.6 is 0 Å². The zero-order chi connectivity index (χ0) is 17.9. The molecule has 1 aliphatic carbocycles. The maximum absolute atomic E-state index is 12.4. The van der Waals surface area contributed by atoms with Crippen molar-refractivity contribution in [2.75, 3.05) is 0 Å². The number of carbonyl (C=O) groups excluding carboxylic acids is 1. The van der Waals surface area contributed by atoms with Gasteiger partial charge in [0.2, 0.25) is 11.8 Å². The summed E-state index contributed by atoms with van der Waals surface area (Å²) in [6, 6.07) is 7.23. The van der Waals surface area contributed by atoms with E-state index in [0.29, 0.717) is 47.9 Å². The van der Waals surface area contributed by atoms with Crippen LogP contribution < -0.4 is 10.9 Å². The van der Waals surface area contributed by atoms with E-state index >= 15 is 0 Å². The predicted molar refractivity (Wildman–Crippen MR) is 93.4 cm³/mol. The van der Waals surface area contributed by atoms with E-state index in [1.807, 2.05) is 12.1 Å². The number of amides is 1. The van der Waals surface area contributed by atoms with Crippen molar-refractivity contribution in [2.45, 2.75) is 44.7 Å². The van der Waals surface area contributed by atoms with Gasteiger partial charge in [-0.2, -0.15) is 4.98 Å². The summed E-state index contributed by atoms with van der Waals surface area (Å²) in [6.45, 7) is 0.699. The van der Waals surface area contributed by atoms with Crippen LogP contribution in [0.5, 0.6) is 0 Å². The number of hydrogen-bond acceptors (Lipinski definition) is 6. The topological polar surface area (TPSA) is 103 Å². The third-order valence-corrected chi connectivity index (χ3v) is 4.39. The van der Waals surface area contributed by atoms with Crippen LogP contribution in [-0.4, -0.2) is 25.6 Å². The summed E-state index contributed by atoms with van der Waals surface area (Å²) in [7, 11) is 0. The minimum absolute atomic E-state index is 0.0876. The van der Waals surface area contributed by atoms with Crippen LogP contribution in [0.3, 0.4) is 0 Å². The molecule has 1 amide bonds. The van der Waals surface area contributed by atoms with Crippen LogP contribution in [0.2, 0.25) is 0 Å². The molecule has 0 saturated heterocycles. The predicted octanol–water partition coefficient (Wildman–Crippen LogP) is 1.75. The van der Waals surface area contributed by atoms with Crippen molar-refractivity contribution in [3.05, 3.63) is 52.7 Å². The highest BCUT2D eigenvalue weighted by Gasteiger charge is 2.29. The van der Waals surface area contributed by atoms with Crippen LogP contribution in [0, 0.1) is 0 Å². The summed E-state index contributed by atoms with van der Waals surface area (Å²) in [4.78, 5) is 32.9. The first-order chi connectivity index (χ1) is 12.7. The van der Waals surface area contributed by atoms with Gasteiger partial charge in [0.1, 0.15) is 0 Å². The molecule has 0 unspecified atom stereocenters. The molecule has 1 aliphatic rings. The fourth-order valence-corrected chi connectivity index (χ4v) is 2.78. The van der Waals surface area contributed by atoms with Gasteiger partial charge >= 0.3 is 0 Å². The van der Waals surface area contributed by atoms with Gasteiger partial charge < -0.3 is 9.84 Å². The average molecular weight is 353 g/mol. The van der Waals surface area contributed by atoms with E-state index in [0.717, 1.165) is 12.8 Å². The lowest BCUT2D eigenvalue weighted by molar-refractivity contribution is -0.121. The number of rotatable bonds is 7. The Bertz CT molecular complexity index is 990. The number of carbonyl (C=O) groups is 1. The summed E-state index contributed by atoms with van der Waals surface area (Å²) in [5.41, 5.74) is 0.590. The number of para-hydroxylation sites is 1. The van der Waals surface area contributed by atoms with Gasteiger partial charge in [-0.3, -0.25) is 14.2 Å². The number of fused-ring (bicyclic) bond motifs is 1. The van der Waals surface area contributed by atoms with E-state index in [1.165, 1.54) is 10.9 Å². The van der Waals surface area contributed by atoms with E-state index in [-0.39, 0.29) is 18.0 Å². The summed E-state index contributed by atoms with van der Waals surface area (Å²) >= 11 is 0.